The van der Waals surface area contributed by atoms with Crippen molar-refractivity contribution in [3.05, 3.63) is 16.1 Å². The van der Waals surface area contributed by atoms with Crippen LogP contribution in [-0.4, -0.2) is 16.1 Å². The zero-order valence-electron chi connectivity index (χ0n) is 6.67. The van der Waals surface area contributed by atoms with Crippen LogP contribution in [0.15, 0.2) is 5.51 Å². The van der Waals surface area contributed by atoms with E-state index in [4.69, 9.17) is 5.11 Å². The number of carboxylic acid groups (broad SMARTS) is 1. The van der Waals surface area contributed by atoms with Crippen molar-refractivity contribution in [2.24, 2.45) is 0 Å². The van der Waals surface area contributed by atoms with Crippen LogP contribution in [0.1, 0.15) is 17.5 Å². The molecule has 0 aliphatic rings. The van der Waals surface area contributed by atoms with Crippen molar-refractivity contribution in [1.82, 2.24) is 4.98 Å². The molecule has 66 valence electrons. The average molecular weight is 189 g/mol. The Balaban J connectivity index is 3.13. The number of alkyl halides is 1. The Morgan fingerprint density at radius 3 is 2.75 bits per heavy atom. The Kier molecular flexibility index (Phi) is 2.14. The molecule has 1 aromatic rings. The second-order valence-corrected chi connectivity index (χ2v) is 3.43. The van der Waals surface area contributed by atoms with Crippen LogP contribution in [0.2, 0.25) is 0 Å². The van der Waals surface area contributed by atoms with Gasteiger partial charge in [0.2, 0.25) is 5.67 Å². The van der Waals surface area contributed by atoms with Crippen LogP contribution in [-0.2, 0) is 10.5 Å². The van der Waals surface area contributed by atoms with Crippen molar-refractivity contribution in [3.8, 4) is 0 Å². The van der Waals surface area contributed by atoms with Gasteiger partial charge in [0.15, 0.2) is 0 Å². The van der Waals surface area contributed by atoms with Crippen LogP contribution in [0.4, 0.5) is 4.39 Å². The number of aliphatic carboxylic acids is 1. The number of aromatic nitrogens is 1. The molecule has 0 spiro atoms. The van der Waals surface area contributed by atoms with Crippen molar-refractivity contribution < 1.29 is 14.3 Å². The smallest absolute Gasteiger partial charge is 0.346 e. The highest BCUT2D eigenvalue weighted by Gasteiger charge is 2.38. The summed E-state index contributed by atoms with van der Waals surface area (Å²) in [5, 5.41) is 8.54. The first-order valence-electron chi connectivity index (χ1n) is 3.29. The van der Waals surface area contributed by atoms with E-state index in [0.29, 0.717) is 5.69 Å². The molecule has 1 rings (SSSR count). The molecule has 3 nitrogen and oxygen atoms in total. The molecule has 1 N–H and O–H groups in total. The highest BCUT2D eigenvalue weighted by molar-refractivity contribution is 7.10. The van der Waals surface area contributed by atoms with E-state index in [1.54, 1.807) is 6.92 Å². The molecule has 1 heterocycles. The van der Waals surface area contributed by atoms with Gasteiger partial charge in [0.05, 0.1) is 16.1 Å². The molecule has 1 unspecified atom stereocenters. The molecule has 0 radical (unpaired) electrons. The molecule has 0 aliphatic carbocycles. The van der Waals surface area contributed by atoms with Gasteiger partial charge in [-0.2, -0.15) is 0 Å². The van der Waals surface area contributed by atoms with Crippen molar-refractivity contribution in [2.75, 3.05) is 0 Å². The molecule has 0 saturated carbocycles. The number of rotatable bonds is 2. The number of hydrogen-bond donors (Lipinski definition) is 1. The number of thiazole rings is 1. The normalized spacial score (nSPS) is 15.6. The Hall–Kier alpha value is -0.970. The van der Waals surface area contributed by atoms with Crippen molar-refractivity contribution in [1.29, 1.82) is 0 Å². The van der Waals surface area contributed by atoms with Gasteiger partial charge < -0.3 is 5.11 Å². The third kappa shape index (κ3) is 1.32. The number of carbonyl (C=O) groups is 1. The molecular formula is C7H8FNO2S. The first-order chi connectivity index (χ1) is 5.46. The van der Waals surface area contributed by atoms with Crippen molar-refractivity contribution >= 4 is 17.3 Å². The summed E-state index contributed by atoms with van der Waals surface area (Å²) in [6, 6.07) is 0. The van der Waals surface area contributed by atoms with E-state index in [9.17, 15) is 9.18 Å². The number of aryl methyl sites for hydroxylation is 1. The fraction of sp³-hybridized carbons (Fsp3) is 0.429. The van der Waals surface area contributed by atoms with Crippen LogP contribution >= 0.6 is 11.3 Å². The Morgan fingerprint density at radius 1 is 1.83 bits per heavy atom. The minimum absolute atomic E-state index is 0.162. The van der Waals surface area contributed by atoms with E-state index in [0.717, 1.165) is 18.3 Å². The number of hydrogen-bond acceptors (Lipinski definition) is 3. The molecule has 5 heteroatoms. The van der Waals surface area contributed by atoms with Crippen LogP contribution in [0, 0.1) is 6.92 Å². The molecule has 0 saturated heterocycles. The molecule has 0 aromatic carbocycles. The quantitative estimate of drug-likeness (QED) is 0.770. The minimum atomic E-state index is -2.31. The summed E-state index contributed by atoms with van der Waals surface area (Å²) >= 11 is 1.02. The van der Waals surface area contributed by atoms with E-state index in [1.165, 1.54) is 5.51 Å². The van der Waals surface area contributed by atoms with Gasteiger partial charge in [-0.1, -0.05) is 0 Å². The predicted molar refractivity (Wildman–Crippen MR) is 42.9 cm³/mol. The van der Waals surface area contributed by atoms with Gasteiger partial charge in [0.25, 0.3) is 0 Å². The van der Waals surface area contributed by atoms with Gasteiger partial charge in [-0.3, -0.25) is 0 Å². The largest absolute Gasteiger partial charge is 0.479 e. The fourth-order valence-electron chi connectivity index (χ4n) is 0.850. The third-order valence-electron chi connectivity index (χ3n) is 1.57. The molecule has 1 atom stereocenters. The van der Waals surface area contributed by atoms with Crippen molar-refractivity contribution in [3.63, 3.8) is 0 Å². The van der Waals surface area contributed by atoms with Crippen LogP contribution < -0.4 is 0 Å². The van der Waals surface area contributed by atoms with E-state index in [-0.39, 0.29) is 4.88 Å². The van der Waals surface area contributed by atoms with Crippen LogP contribution in [0.3, 0.4) is 0 Å². The summed E-state index contributed by atoms with van der Waals surface area (Å²) < 4.78 is 13.4. The lowest BCUT2D eigenvalue weighted by molar-refractivity contribution is -0.150. The summed E-state index contributed by atoms with van der Waals surface area (Å²) in [6.45, 7) is 2.61. The van der Waals surface area contributed by atoms with E-state index >= 15 is 0 Å². The van der Waals surface area contributed by atoms with Gasteiger partial charge in [0.1, 0.15) is 0 Å². The maximum atomic E-state index is 13.4. The average Bonchev–Trinajstić information content (AvgIpc) is 2.35. The van der Waals surface area contributed by atoms with Crippen LogP contribution in [0.25, 0.3) is 0 Å². The van der Waals surface area contributed by atoms with Gasteiger partial charge in [-0.25, -0.2) is 14.2 Å². The van der Waals surface area contributed by atoms with Gasteiger partial charge in [-0.15, -0.1) is 11.3 Å². The second kappa shape index (κ2) is 2.82. The second-order valence-electron chi connectivity index (χ2n) is 2.58. The summed E-state index contributed by atoms with van der Waals surface area (Å²) in [6.07, 6.45) is 0. The first kappa shape index (κ1) is 9.12. The zero-order chi connectivity index (χ0) is 9.35. The van der Waals surface area contributed by atoms with Crippen LogP contribution in [0.5, 0.6) is 0 Å². The monoisotopic (exact) mass is 189 g/mol. The van der Waals surface area contributed by atoms with E-state index in [1.807, 2.05) is 0 Å². The fourth-order valence-corrected chi connectivity index (χ4v) is 1.70. The highest BCUT2D eigenvalue weighted by atomic mass is 32.1. The summed E-state index contributed by atoms with van der Waals surface area (Å²) in [5.74, 6) is -1.48. The Bertz CT molecular complexity index is 308. The summed E-state index contributed by atoms with van der Waals surface area (Å²) in [4.78, 5) is 14.4. The molecule has 0 bridgehead atoms. The maximum absolute atomic E-state index is 13.4. The van der Waals surface area contributed by atoms with Gasteiger partial charge >= 0.3 is 5.97 Å². The van der Waals surface area contributed by atoms with Gasteiger partial charge in [-0.05, 0) is 13.8 Å². The number of carboxylic acids is 1. The molecule has 0 aliphatic heterocycles. The Labute approximate surface area is 72.9 Å². The lowest BCUT2D eigenvalue weighted by atomic mass is 10.1. The molecule has 1 aromatic heterocycles. The maximum Gasteiger partial charge on any atom is 0.346 e. The van der Waals surface area contributed by atoms with Crippen molar-refractivity contribution in [2.45, 2.75) is 19.5 Å². The lowest BCUT2D eigenvalue weighted by Crippen LogP contribution is -2.26. The minimum Gasteiger partial charge on any atom is -0.479 e. The van der Waals surface area contributed by atoms with E-state index < -0.39 is 11.6 Å². The zero-order valence-corrected chi connectivity index (χ0v) is 7.48. The lowest BCUT2D eigenvalue weighted by Gasteiger charge is -2.12. The first-order valence-corrected chi connectivity index (χ1v) is 4.17. The van der Waals surface area contributed by atoms with Gasteiger partial charge in [0, 0.05) is 0 Å². The topological polar surface area (TPSA) is 50.2 Å². The summed E-state index contributed by atoms with van der Waals surface area (Å²) in [7, 11) is 0. The molecular weight excluding hydrogens is 181 g/mol. The summed E-state index contributed by atoms with van der Waals surface area (Å²) in [5.41, 5.74) is -0.441. The molecule has 0 amide bonds. The third-order valence-corrected chi connectivity index (χ3v) is 2.70. The Morgan fingerprint density at radius 2 is 2.42 bits per heavy atom. The SMILES string of the molecule is Cc1ncsc1C(C)(F)C(=O)O. The standard InChI is InChI=1S/C7H8FNO2S/c1-4-5(12-3-9-4)7(2,8)6(10)11/h3H,1-2H3,(H,10,11). The van der Waals surface area contributed by atoms with E-state index in [2.05, 4.69) is 4.98 Å². The number of halogens is 1. The predicted octanol–water partition coefficient (Wildman–Crippen LogP) is 1.72. The molecule has 12 heavy (non-hydrogen) atoms. The highest BCUT2D eigenvalue weighted by Crippen LogP contribution is 2.31. The number of nitrogens with zero attached hydrogens (tertiary/aromatic N) is 1. The molecule has 0 fully saturated rings.